The van der Waals surface area contributed by atoms with E-state index < -0.39 is 23.3 Å². The third kappa shape index (κ3) is 4.43. The van der Waals surface area contributed by atoms with Gasteiger partial charge in [-0.05, 0) is 43.5 Å². The van der Waals surface area contributed by atoms with E-state index in [2.05, 4.69) is 15.4 Å². The Balaban J connectivity index is 1.70. The fraction of sp³-hybridized carbons (Fsp3) is 0.250. The molecule has 0 radical (unpaired) electrons. The zero-order valence-electron chi connectivity index (χ0n) is 18.8. The SMILES string of the molecule is CCc1cccc(C)c1NC(=O)Cn1nc2cc(C)nc(-c3ccc(C(F)(F)F)cc3)n2c1=O. The van der Waals surface area contributed by atoms with Crippen molar-refractivity contribution in [2.75, 3.05) is 5.32 Å². The number of aryl methyl sites for hydroxylation is 3. The summed E-state index contributed by atoms with van der Waals surface area (Å²) in [6.07, 6.45) is -3.75. The van der Waals surface area contributed by atoms with Crippen LogP contribution < -0.4 is 11.0 Å². The van der Waals surface area contributed by atoms with Gasteiger partial charge in [0.15, 0.2) is 5.65 Å². The maximum Gasteiger partial charge on any atom is 0.416 e. The van der Waals surface area contributed by atoms with E-state index in [4.69, 9.17) is 0 Å². The predicted molar refractivity (Wildman–Crippen MR) is 122 cm³/mol. The fourth-order valence-corrected chi connectivity index (χ4v) is 3.78. The number of halogens is 3. The fourth-order valence-electron chi connectivity index (χ4n) is 3.78. The van der Waals surface area contributed by atoms with E-state index in [0.717, 1.165) is 34.4 Å². The van der Waals surface area contributed by atoms with Gasteiger partial charge in [0.05, 0.1) is 5.56 Å². The monoisotopic (exact) mass is 469 g/mol. The minimum absolute atomic E-state index is 0.146. The van der Waals surface area contributed by atoms with Crippen molar-refractivity contribution in [1.29, 1.82) is 0 Å². The number of alkyl halides is 3. The highest BCUT2D eigenvalue weighted by Crippen LogP contribution is 2.30. The van der Waals surface area contributed by atoms with Crippen LogP contribution in [0.5, 0.6) is 0 Å². The van der Waals surface area contributed by atoms with Crippen LogP contribution in [-0.2, 0) is 23.9 Å². The van der Waals surface area contributed by atoms with Crippen molar-refractivity contribution in [3.8, 4) is 11.4 Å². The maximum atomic E-state index is 13.1. The molecule has 1 amide bonds. The standard InChI is InChI=1S/C24H22F3N5O2/c1-4-16-7-5-6-14(2)21(16)29-20(33)13-31-23(34)32-19(30-31)12-15(3)28-22(32)17-8-10-18(11-9-17)24(25,26)27/h5-12H,4,13H2,1-3H3,(H,29,33). The van der Waals surface area contributed by atoms with Crippen LogP contribution in [0.3, 0.4) is 0 Å². The smallest absolute Gasteiger partial charge is 0.324 e. The molecule has 176 valence electrons. The van der Waals surface area contributed by atoms with Crippen molar-refractivity contribution < 1.29 is 18.0 Å². The summed E-state index contributed by atoms with van der Waals surface area (Å²) in [4.78, 5) is 30.2. The van der Waals surface area contributed by atoms with Gasteiger partial charge in [-0.25, -0.2) is 18.9 Å². The molecule has 2 aromatic heterocycles. The van der Waals surface area contributed by atoms with E-state index >= 15 is 0 Å². The molecular weight excluding hydrogens is 447 g/mol. The number of rotatable bonds is 5. The number of carbonyl (C=O) groups excluding carboxylic acids is 1. The molecule has 4 aromatic rings. The summed E-state index contributed by atoms with van der Waals surface area (Å²) in [5, 5.41) is 7.11. The highest BCUT2D eigenvalue weighted by molar-refractivity contribution is 5.92. The molecule has 0 unspecified atom stereocenters. The third-order valence-corrected chi connectivity index (χ3v) is 5.46. The van der Waals surface area contributed by atoms with Crippen LogP contribution in [0.1, 0.15) is 29.3 Å². The maximum absolute atomic E-state index is 13.1. The van der Waals surface area contributed by atoms with Gasteiger partial charge in [0.1, 0.15) is 12.4 Å². The number of carbonyl (C=O) groups is 1. The summed E-state index contributed by atoms with van der Waals surface area (Å²) in [5.41, 5.74) is 2.24. The van der Waals surface area contributed by atoms with Crippen molar-refractivity contribution in [2.24, 2.45) is 0 Å². The predicted octanol–water partition coefficient (Wildman–Crippen LogP) is 4.39. The summed E-state index contributed by atoms with van der Waals surface area (Å²) >= 11 is 0. The number of hydrogen-bond donors (Lipinski definition) is 1. The molecule has 0 aliphatic rings. The van der Waals surface area contributed by atoms with Crippen LogP contribution >= 0.6 is 0 Å². The van der Waals surface area contributed by atoms with E-state index in [1.807, 2.05) is 32.0 Å². The first kappa shape index (κ1) is 23.2. The molecule has 4 rings (SSSR count). The molecule has 34 heavy (non-hydrogen) atoms. The topological polar surface area (TPSA) is 81.3 Å². The Morgan fingerprint density at radius 1 is 1.09 bits per heavy atom. The summed E-state index contributed by atoms with van der Waals surface area (Å²) in [7, 11) is 0. The number of nitrogens with one attached hydrogen (secondary N) is 1. The summed E-state index contributed by atoms with van der Waals surface area (Å²) in [5.74, 6) is -0.275. The number of nitrogens with zero attached hydrogens (tertiary/aromatic N) is 4. The van der Waals surface area contributed by atoms with Gasteiger partial charge in [0, 0.05) is 23.0 Å². The Labute approximate surface area is 192 Å². The van der Waals surface area contributed by atoms with E-state index in [-0.39, 0.29) is 18.0 Å². The molecule has 0 aliphatic heterocycles. The average Bonchev–Trinajstić information content (AvgIpc) is 3.08. The highest BCUT2D eigenvalue weighted by atomic mass is 19.4. The minimum atomic E-state index is -4.47. The highest BCUT2D eigenvalue weighted by Gasteiger charge is 2.30. The molecule has 7 nitrogen and oxygen atoms in total. The first-order valence-corrected chi connectivity index (χ1v) is 10.6. The van der Waals surface area contributed by atoms with Gasteiger partial charge >= 0.3 is 11.9 Å². The number of fused-ring (bicyclic) bond motifs is 1. The molecule has 0 spiro atoms. The zero-order chi connectivity index (χ0) is 24.6. The van der Waals surface area contributed by atoms with Gasteiger partial charge in [0.2, 0.25) is 5.91 Å². The van der Waals surface area contributed by atoms with Gasteiger partial charge in [-0.2, -0.15) is 13.2 Å². The number of para-hydroxylation sites is 1. The lowest BCUT2D eigenvalue weighted by molar-refractivity contribution is -0.137. The molecule has 0 fully saturated rings. The van der Waals surface area contributed by atoms with Crippen LogP contribution in [0.2, 0.25) is 0 Å². The Kier molecular flexibility index (Phi) is 5.99. The van der Waals surface area contributed by atoms with Gasteiger partial charge in [-0.1, -0.05) is 37.3 Å². The largest absolute Gasteiger partial charge is 0.416 e. The Morgan fingerprint density at radius 2 is 1.79 bits per heavy atom. The second-order valence-electron chi connectivity index (χ2n) is 7.94. The molecule has 10 heteroatoms. The quantitative estimate of drug-likeness (QED) is 0.470. The number of amides is 1. The van der Waals surface area contributed by atoms with E-state index in [0.29, 0.717) is 16.9 Å². The number of aromatic nitrogens is 4. The van der Waals surface area contributed by atoms with Crippen molar-refractivity contribution in [3.63, 3.8) is 0 Å². The Morgan fingerprint density at radius 3 is 2.44 bits per heavy atom. The molecule has 0 saturated heterocycles. The molecule has 0 aliphatic carbocycles. The number of hydrogen-bond acceptors (Lipinski definition) is 4. The van der Waals surface area contributed by atoms with Gasteiger partial charge in [-0.15, -0.1) is 5.10 Å². The lowest BCUT2D eigenvalue weighted by Gasteiger charge is -2.12. The molecule has 0 bridgehead atoms. The minimum Gasteiger partial charge on any atom is -0.324 e. The third-order valence-electron chi connectivity index (χ3n) is 5.46. The average molecular weight is 469 g/mol. The normalized spacial score (nSPS) is 11.7. The molecule has 2 heterocycles. The van der Waals surface area contributed by atoms with Crippen LogP contribution in [0.4, 0.5) is 18.9 Å². The van der Waals surface area contributed by atoms with Crippen LogP contribution in [0, 0.1) is 13.8 Å². The van der Waals surface area contributed by atoms with Crippen molar-refractivity contribution in [1.82, 2.24) is 19.2 Å². The van der Waals surface area contributed by atoms with Crippen LogP contribution in [-0.4, -0.2) is 25.1 Å². The second kappa shape index (κ2) is 8.77. The first-order chi connectivity index (χ1) is 16.1. The number of anilines is 1. The lowest BCUT2D eigenvalue weighted by atomic mass is 10.1. The second-order valence-corrected chi connectivity index (χ2v) is 7.94. The van der Waals surface area contributed by atoms with Crippen LogP contribution in [0.15, 0.2) is 53.3 Å². The molecule has 2 aromatic carbocycles. The van der Waals surface area contributed by atoms with Gasteiger partial charge in [-0.3, -0.25) is 4.79 Å². The molecule has 1 N–H and O–H groups in total. The summed E-state index contributed by atoms with van der Waals surface area (Å²) < 4.78 is 41.0. The first-order valence-electron chi connectivity index (χ1n) is 10.6. The Hall–Kier alpha value is -3.95. The van der Waals surface area contributed by atoms with E-state index in [9.17, 15) is 22.8 Å². The zero-order valence-corrected chi connectivity index (χ0v) is 18.8. The van der Waals surface area contributed by atoms with Gasteiger partial charge in [0.25, 0.3) is 0 Å². The summed E-state index contributed by atoms with van der Waals surface area (Å²) in [6, 6.07) is 11.7. The molecule has 0 atom stereocenters. The van der Waals surface area contributed by atoms with E-state index in [1.54, 1.807) is 13.0 Å². The molecular formula is C24H22F3N5O2. The summed E-state index contributed by atoms with van der Waals surface area (Å²) in [6.45, 7) is 5.23. The lowest BCUT2D eigenvalue weighted by Crippen LogP contribution is -2.29. The van der Waals surface area contributed by atoms with Crippen LogP contribution in [0.25, 0.3) is 17.0 Å². The van der Waals surface area contributed by atoms with Crippen molar-refractivity contribution in [3.05, 3.63) is 81.4 Å². The molecule has 0 saturated carbocycles. The number of benzene rings is 2. The van der Waals surface area contributed by atoms with Crippen molar-refractivity contribution in [2.45, 2.75) is 39.9 Å². The van der Waals surface area contributed by atoms with E-state index in [1.165, 1.54) is 16.5 Å². The Bertz CT molecular complexity index is 1440. The van der Waals surface area contributed by atoms with Gasteiger partial charge < -0.3 is 5.32 Å². The van der Waals surface area contributed by atoms with Crippen molar-refractivity contribution >= 4 is 17.2 Å².